The third-order valence-electron chi connectivity index (χ3n) is 9.43. The van der Waals surface area contributed by atoms with Crippen molar-refractivity contribution < 1.29 is 4.79 Å². The van der Waals surface area contributed by atoms with Crippen LogP contribution in [0.25, 0.3) is 49.7 Å². The number of anilines is 2. The fraction of sp³-hybridized carbons (Fsp3) is 0.0227. The number of hydrogen-bond acceptors (Lipinski definition) is 3. The molecule has 0 saturated carbocycles. The van der Waals surface area contributed by atoms with Gasteiger partial charge >= 0.3 is 6.03 Å². The number of aromatic nitrogens is 1. The maximum absolute atomic E-state index is 14.2. The smallest absolute Gasteiger partial charge is 0.309 e. The van der Waals surface area contributed by atoms with Gasteiger partial charge in [-0.05, 0) is 76.3 Å². The van der Waals surface area contributed by atoms with Gasteiger partial charge in [-0.3, -0.25) is 0 Å². The van der Waals surface area contributed by atoms with Crippen LogP contribution in [0.3, 0.4) is 0 Å². The van der Waals surface area contributed by atoms with Gasteiger partial charge in [0, 0.05) is 16.5 Å². The van der Waals surface area contributed by atoms with Crippen molar-refractivity contribution in [3.8, 4) is 27.9 Å². The van der Waals surface area contributed by atoms with Crippen LogP contribution in [-0.2, 0) is 0 Å². The van der Waals surface area contributed by atoms with Gasteiger partial charge in [0.1, 0.15) is 6.17 Å². The summed E-state index contributed by atoms with van der Waals surface area (Å²) in [5, 5.41) is 5.71. The van der Waals surface area contributed by atoms with E-state index in [4.69, 9.17) is 0 Å². The van der Waals surface area contributed by atoms with Crippen molar-refractivity contribution in [1.82, 2.24) is 15.4 Å². The molecule has 0 radical (unpaired) electrons. The Kier molecular flexibility index (Phi) is 7.43. The number of fused-ring (bicyclic) bond motifs is 3. The Morgan fingerprint density at radius 1 is 0.380 bits per heavy atom. The third-order valence-corrected chi connectivity index (χ3v) is 9.43. The maximum atomic E-state index is 14.2. The highest BCUT2D eigenvalue weighted by Gasteiger charge is 2.34. The number of rotatable bonds is 6. The fourth-order valence-corrected chi connectivity index (χ4v) is 6.90. The van der Waals surface area contributed by atoms with Crippen LogP contribution in [0.15, 0.2) is 182 Å². The molecule has 6 heteroatoms. The van der Waals surface area contributed by atoms with Gasteiger partial charge in [-0.15, -0.1) is 0 Å². The Labute approximate surface area is 290 Å². The lowest BCUT2D eigenvalue weighted by molar-refractivity contribution is 0.231. The zero-order chi connectivity index (χ0) is 33.4. The number of carbonyl (C=O) groups is 1. The lowest BCUT2D eigenvalue weighted by atomic mass is 10.1. The van der Waals surface area contributed by atoms with Crippen LogP contribution in [-0.4, -0.2) is 10.6 Å². The zero-order valence-corrected chi connectivity index (χ0v) is 27.1. The number of urea groups is 1. The summed E-state index contributed by atoms with van der Waals surface area (Å²) in [5.74, 6) is 0. The lowest BCUT2D eigenvalue weighted by Gasteiger charge is -2.41. The molecule has 50 heavy (non-hydrogen) atoms. The molecule has 1 aliphatic heterocycles. The molecule has 240 valence electrons. The summed E-state index contributed by atoms with van der Waals surface area (Å²) in [5.41, 5.74) is 17.2. The molecule has 0 spiro atoms. The Bertz CT molecular complexity index is 2290. The third kappa shape index (κ3) is 5.29. The second-order valence-electron chi connectivity index (χ2n) is 12.4. The highest BCUT2D eigenvalue weighted by molar-refractivity contribution is 6.09. The highest BCUT2D eigenvalue weighted by atomic mass is 16.2. The summed E-state index contributed by atoms with van der Waals surface area (Å²) in [4.78, 5) is 14.2. The molecule has 8 aromatic rings. The second-order valence-corrected chi connectivity index (χ2v) is 12.4. The van der Waals surface area contributed by atoms with E-state index in [1.165, 1.54) is 10.8 Å². The number of amides is 2. The molecule has 2 amide bonds. The minimum atomic E-state index is -0.400. The summed E-state index contributed by atoms with van der Waals surface area (Å²) >= 11 is 0. The van der Waals surface area contributed by atoms with Crippen molar-refractivity contribution in [3.63, 3.8) is 0 Å². The average Bonchev–Trinajstić information content (AvgIpc) is 3.53. The van der Waals surface area contributed by atoms with Crippen LogP contribution in [0.5, 0.6) is 0 Å². The van der Waals surface area contributed by atoms with Crippen LogP contribution in [0, 0.1) is 0 Å². The topological polar surface area (TPSA) is 52.5 Å². The van der Waals surface area contributed by atoms with Crippen molar-refractivity contribution in [1.29, 1.82) is 0 Å². The maximum Gasteiger partial charge on any atom is 0.358 e. The Hall–Kier alpha value is -6.47. The predicted octanol–water partition coefficient (Wildman–Crippen LogP) is 10.3. The van der Waals surface area contributed by atoms with Gasteiger partial charge in [-0.25, -0.2) is 25.7 Å². The molecule has 1 fully saturated rings. The molecule has 0 bridgehead atoms. The summed E-state index contributed by atoms with van der Waals surface area (Å²) in [6.07, 6.45) is -0.400. The Morgan fingerprint density at radius 2 is 0.760 bits per heavy atom. The monoisotopic (exact) mass is 647 g/mol. The Morgan fingerprint density at radius 3 is 1.22 bits per heavy atom. The van der Waals surface area contributed by atoms with E-state index in [1.807, 2.05) is 60.7 Å². The number of hydrogen-bond donors (Lipinski definition) is 2. The number of para-hydroxylation sites is 2. The van der Waals surface area contributed by atoms with Crippen molar-refractivity contribution in [2.24, 2.45) is 0 Å². The molecular weight excluding hydrogens is 615 g/mol. The van der Waals surface area contributed by atoms with E-state index in [0.717, 1.165) is 55.9 Å². The minimum absolute atomic E-state index is 0.233. The van der Waals surface area contributed by atoms with E-state index in [1.54, 1.807) is 10.0 Å². The van der Waals surface area contributed by atoms with E-state index in [9.17, 15) is 4.79 Å². The summed E-state index contributed by atoms with van der Waals surface area (Å²) in [6.45, 7) is 0. The Balaban J connectivity index is 1.07. The van der Waals surface area contributed by atoms with Gasteiger partial charge in [-0.1, -0.05) is 133 Å². The fourth-order valence-electron chi connectivity index (χ4n) is 6.90. The molecule has 1 aromatic heterocycles. The van der Waals surface area contributed by atoms with Crippen LogP contribution < -0.4 is 20.9 Å². The van der Waals surface area contributed by atoms with Crippen LogP contribution in [0.1, 0.15) is 11.7 Å². The second kappa shape index (κ2) is 12.5. The number of nitrogens with zero attached hydrogens (tertiary/aromatic N) is 3. The minimum Gasteiger partial charge on any atom is -0.309 e. The summed E-state index contributed by atoms with van der Waals surface area (Å²) in [7, 11) is 0. The number of carbonyl (C=O) groups excluding carboxylic acids is 1. The normalized spacial score (nSPS) is 13.7. The van der Waals surface area contributed by atoms with Crippen LogP contribution in [0.2, 0.25) is 0 Å². The first-order valence-electron chi connectivity index (χ1n) is 16.8. The first kappa shape index (κ1) is 29.7. The molecule has 7 aromatic carbocycles. The van der Waals surface area contributed by atoms with Crippen molar-refractivity contribution in [3.05, 3.63) is 188 Å². The van der Waals surface area contributed by atoms with Crippen molar-refractivity contribution in [2.45, 2.75) is 6.17 Å². The lowest BCUT2D eigenvalue weighted by Crippen LogP contribution is -2.65. The highest BCUT2D eigenvalue weighted by Crippen LogP contribution is 2.33. The molecule has 0 unspecified atom stereocenters. The number of hydrazine groups is 2. The molecular formula is C44H33N5O. The first-order valence-corrected chi connectivity index (χ1v) is 16.8. The van der Waals surface area contributed by atoms with Crippen LogP contribution in [0.4, 0.5) is 16.2 Å². The molecule has 9 rings (SSSR count). The molecule has 1 aliphatic rings. The van der Waals surface area contributed by atoms with Gasteiger partial charge in [0.05, 0.1) is 22.4 Å². The van der Waals surface area contributed by atoms with E-state index >= 15 is 0 Å². The molecule has 0 aliphatic carbocycles. The standard InChI is InChI=1S/C44H33N5O/c50-44-48(37-27-19-33(20-28-37)31-11-3-1-4-12-31)45-43(46-49(44)38-29-21-34(22-30-38)32-13-5-2-6-14-32)35-23-25-36(26-24-35)47-41-17-9-7-15-39(41)40-16-8-10-18-42(40)47/h1-30,43,45-46H. The van der Waals surface area contributed by atoms with Crippen molar-refractivity contribution >= 4 is 39.2 Å². The zero-order valence-electron chi connectivity index (χ0n) is 27.1. The quantitative estimate of drug-likeness (QED) is 0.189. The average molecular weight is 648 g/mol. The first-order chi connectivity index (χ1) is 24.7. The van der Waals surface area contributed by atoms with Gasteiger partial charge < -0.3 is 4.57 Å². The van der Waals surface area contributed by atoms with Gasteiger partial charge in [0.25, 0.3) is 0 Å². The van der Waals surface area contributed by atoms with E-state index in [0.29, 0.717) is 0 Å². The molecule has 0 atom stereocenters. The van der Waals surface area contributed by atoms with E-state index in [-0.39, 0.29) is 6.03 Å². The molecule has 1 saturated heterocycles. The summed E-state index contributed by atoms with van der Waals surface area (Å²) in [6, 6.07) is 62.0. The van der Waals surface area contributed by atoms with Crippen molar-refractivity contribution in [2.75, 3.05) is 10.0 Å². The SMILES string of the molecule is O=C1N(c2ccc(-c3ccccc3)cc2)NC(c2ccc(-n3c4ccccc4c4ccccc43)cc2)NN1c1ccc(-c2ccccc2)cc1. The molecule has 2 N–H and O–H groups in total. The number of benzene rings is 7. The van der Waals surface area contributed by atoms with Gasteiger partial charge in [-0.2, -0.15) is 0 Å². The molecule has 6 nitrogen and oxygen atoms in total. The van der Waals surface area contributed by atoms with E-state index in [2.05, 4.69) is 137 Å². The predicted molar refractivity (Wildman–Crippen MR) is 204 cm³/mol. The summed E-state index contributed by atoms with van der Waals surface area (Å²) < 4.78 is 2.31. The number of nitrogens with one attached hydrogen (secondary N) is 2. The van der Waals surface area contributed by atoms with Crippen LogP contribution >= 0.6 is 0 Å². The van der Waals surface area contributed by atoms with E-state index < -0.39 is 6.17 Å². The molecule has 2 heterocycles. The van der Waals surface area contributed by atoms with Gasteiger partial charge in [0.2, 0.25) is 0 Å². The largest absolute Gasteiger partial charge is 0.358 e. The van der Waals surface area contributed by atoms with Gasteiger partial charge in [0.15, 0.2) is 0 Å².